The van der Waals surface area contributed by atoms with E-state index in [1.165, 1.54) is 7.11 Å². The molecule has 27 heavy (non-hydrogen) atoms. The molecule has 0 unspecified atom stereocenters. The highest BCUT2D eigenvalue weighted by molar-refractivity contribution is 5.93. The van der Waals surface area contributed by atoms with Gasteiger partial charge in [-0.3, -0.25) is 0 Å². The third kappa shape index (κ3) is 4.05. The molecule has 1 aromatic carbocycles. The van der Waals surface area contributed by atoms with Crippen LogP contribution in [0.2, 0.25) is 0 Å². The first-order chi connectivity index (χ1) is 13.1. The molecule has 0 spiro atoms. The molecule has 0 saturated carbocycles. The number of nitrogens with one attached hydrogen (secondary N) is 1. The maximum absolute atomic E-state index is 12.4. The molecule has 0 aliphatic heterocycles. The predicted molar refractivity (Wildman–Crippen MR) is 98.6 cm³/mol. The number of carbonyl (C=O) groups is 1. The second-order valence-corrected chi connectivity index (χ2v) is 5.89. The van der Waals surface area contributed by atoms with E-state index in [1.54, 1.807) is 19.1 Å². The zero-order valence-corrected chi connectivity index (χ0v) is 15.5. The second kappa shape index (κ2) is 9.63. The van der Waals surface area contributed by atoms with Crippen LogP contribution in [0.3, 0.4) is 0 Å². The highest BCUT2D eigenvalue weighted by Gasteiger charge is 2.26. The summed E-state index contributed by atoms with van der Waals surface area (Å²) in [6.45, 7) is 1.22. The van der Waals surface area contributed by atoms with Crippen molar-refractivity contribution in [2.75, 3.05) is 13.7 Å². The molecule has 0 aliphatic carbocycles. The van der Waals surface area contributed by atoms with E-state index in [2.05, 4.69) is 4.98 Å². The molecular formula is C19H26N2O6. The normalized spacial score (nSPS) is 11.0. The number of aromatic nitrogens is 1. The number of methoxy groups -OCH3 is 1. The molecule has 0 amide bonds. The fourth-order valence-electron chi connectivity index (χ4n) is 3.24. The van der Waals surface area contributed by atoms with Crippen LogP contribution in [0.1, 0.15) is 45.4 Å². The summed E-state index contributed by atoms with van der Waals surface area (Å²) >= 11 is 0. The Kier molecular flexibility index (Phi) is 7.52. The third-order valence-corrected chi connectivity index (χ3v) is 4.44. The van der Waals surface area contributed by atoms with Gasteiger partial charge in [0.15, 0.2) is 0 Å². The Bertz CT molecular complexity index is 800. The summed E-state index contributed by atoms with van der Waals surface area (Å²) in [6.07, 6.45) is 0. The van der Waals surface area contributed by atoms with Crippen LogP contribution in [0.4, 0.5) is 0 Å². The quantitative estimate of drug-likeness (QED) is 0.409. The van der Waals surface area contributed by atoms with Gasteiger partial charge in [-0.05, 0) is 29.2 Å². The average molecular weight is 378 g/mol. The number of esters is 1. The third-order valence-electron chi connectivity index (χ3n) is 4.44. The first-order valence-electron chi connectivity index (χ1n) is 8.64. The van der Waals surface area contributed by atoms with Crippen molar-refractivity contribution in [1.82, 2.24) is 4.98 Å². The number of aliphatic hydroxyl groups excluding tert-OH is 3. The maximum Gasteiger partial charge on any atom is 0.355 e. The van der Waals surface area contributed by atoms with E-state index in [9.17, 15) is 20.1 Å². The Hall–Kier alpha value is -2.23. The van der Waals surface area contributed by atoms with Gasteiger partial charge in [0.2, 0.25) is 0 Å². The van der Waals surface area contributed by atoms with Crippen molar-refractivity contribution < 1.29 is 29.6 Å². The second-order valence-electron chi connectivity index (χ2n) is 5.89. The molecule has 2 rings (SSSR count). The minimum Gasteiger partial charge on any atom is -0.461 e. The van der Waals surface area contributed by atoms with Crippen LogP contribution in [0, 0.1) is 0 Å². The van der Waals surface area contributed by atoms with Crippen LogP contribution in [-0.4, -0.2) is 40.0 Å². The first kappa shape index (κ1) is 21.1. The fraction of sp³-hybridized carbons (Fsp3) is 0.421. The molecule has 0 bridgehead atoms. The van der Waals surface area contributed by atoms with Gasteiger partial charge in [-0.15, -0.1) is 0 Å². The summed E-state index contributed by atoms with van der Waals surface area (Å²) in [5, 5.41) is 29.2. The monoisotopic (exact) mass is 378 g/mol. The molecule has 0 atom stereocenters. The number of hydrogen-bond acceptors (Lipinski definition) is 7. The van der Waals surface area contributed by atoms with Crippen molar-refractivity contribution in [3.63, 3.8) is 0 Å². The van der Waals surface area contributed by atoms with Crippen LogP contribution in [0.25, 0.3) is 11.1 Å². The first-order valence-corrected chi connectivity index (χ1v) is 8.64. The molecular weight excluding hydrogens is 352 g/mol. The lowest BCUT2D eigenvalue weighted by Gasteiger charge is -2.17. The van der Waals surface area contributed by atoms with Crippen molar-refractivity contribution in [2.45, 2.75) is 39.9 Å². The minimum atomic E-state index is -0.523. The van der Waals surface area contributed by atoms with Gasteiger partial charge >= 0.3 is 5.97 Å². The molecule has 2 aromatic rings. The molecule has 0 saturated heterocycles. The number of carbonyl (C=O) groups excluding carboxylic acids is 1. The van der Waals surface area contributed by atoms with Crippen LogP contribution in [-0.2, 0) is 42.4 Å². The van der Waals surface area contributed by atoms with Crippen molar-refractivity contribution in [2.24, 2.45) is 5.73 Å². The van der Waals surface area contributed by atoms with Crippen LogP contribution < -0.4 is 5.73 Å². The van der Waals surface area contributed by atoms with Crippen molar-refractivity contribution >= 4 is 5.97 Å². The number of hydrogen-bond donors (Lipinski definition) is 5. The molecule has 1 heterocycles. The SMILES string of the molecule is CCOC(=O)c1[nH]c(CN)c(-c2ccc(CO)c(CO)c2CO)c1COC. The predicted octanol–water partition coefficient (Wildman–Crippen LogP) is 0.940. The average Bonchev–Trinajstić information content (AvgIpc) is 3.05. The summed E-state index contributed by atoms with van der Waals surface area (Å²) in [7, 11) is 1.51. The molecule has 8 nitrogen and oxygen atoms in total. The number of H-pyrrole nitrogens is 1. The Balaban J connectivity index is 2.79. The largest absolute Gasteiger partial charge is 0.461 e. The number of ether oxygens (including phenoxy) is 2. The van der Waals surface area contributed by atoms with Crippen LogP contribution >= 0.6 is 0 Å². The molecule has 6 N–H and O–H groups in total. The topological polar surface area (TPSA) is 138 Å². The smallest absolute Gasteiger partial charge is 0.355 e. The van der Waals surface area contributed by atoms with E-state index in [0.717, 1.165) is 0 Å². The summed E-state index contributed by atoms with van der Waals surface area (Å²) < 4.78 is 10.4. The number of nitrogens with two attached hydrogens (primary N) is 1. The highest BCUT2D eigenvalue weighted by Crippen LogP contribution is 2.36. The van der Waals surface area contributed by atoms with E-state index in [-0.39, 0.29) is 45.3 Å². The van der Waals surface area contributed by atoms with Gasteiger partial charge in [0.1, 0.15) is 5.69 Å². The Morgan fingerprint density at radius 2 is 1.81 bits per heavy atom. The van der Waals surface area contributed by atoms with Crippen molar-refractivity contribution in [3.05, 3.63) is 45.8 Å². The molecule has 0 radical (unpaired) electrons. The lowest BCUT2D eigenvalue weighted by atomic mass is 9.90. The van der Waals surface area contributed by atoms with E-state index in [0.29, 0.717) is 39.1 Å². The van der Waals surface area contributed by atoms with Gasteiger partial charge in [-0.2, -0.15) is 0 Å². The number of aromatic amines is 1. The number of rotatable bonds is 9. The van der Waals surface area contributed by atoms with Gasteiger partial charge in [-0.25, -0.2) is 4.79 Å². The lowest BCUT2D eigenvalue weighted by Crippen LogP contribution is -2.09. The fourth-order valence-corrected chi connectivity index (χ4v) is 3.24. The zero-order chi connectivity index (χ0) is 20.0. The van der Waals surface area contributed by atoms with Gasteiger partial charge in [0.25, 0.3) is 0 Å². The van der Waals surface area contributed by atoms with Gasteiger partial charge in [-0.1, -0.05) is 12.1 Å². The Morgan fingerprint density at radius 3 is 2.33 bits per heavy atom. The minimum absolute atomic E-state index is 0.118. The van der Waals surface area contributed by atoms with Crippen LogP contribution in [0.5, 0.6) is 0 Å². The highest BCUT2D eigenvalue weighted by atomic mass is 16.5. The molecule has 148 valence electrons. The van der Waals surface area contributed by atoms with Crippen molar-refractivity contribution in [1.29, 1.82) is 0 Å². The maximum atomic E-state index is 12.4. The standard InChI is InChI=1S/C19H26N2O6/c1-3-27-19(25)18-15(10-26-2)17(16(6-20)21-18)12-5-4-11(7-22)13(8-23)14(12)9-24/h4-5,21-24H,3,6-10,20H2,1-2H3. The van der Waals surface area contributed by atoms with E-state index >= 15 is 0 Å². The van der Waals surface area contributed by atoms with Gasteiger partial charge in [0, 0.05) is 30.5 Å². The molecule has 0 aliphatic rings. The van der Waals surface area contributed by atoms with Crippen molar-refractivity contribution in [3.8, 4) is 11.1 Å². The summed E-state index contributed by atoms with van der Waals surface area (Å²) in [6, 6.07) is 3.40. The van der Waals surface area contributed by atoms with Crippen LogP contribution in [0.15, 0.2) is 12.1 Å². The van der Waals surface area contributed by atoms with E-state index < -0.39 is 5.97 Å². The molecule has 1 aromatic heterocycles. The summed E-state index contributed by atoms with van der Waals surface area (Å²) in [5.74, 6) is -0.523. The summed E-state index contributed by atoms with van der Waals surface area (Å²) in [4.78, 5) is 15.4. The Morgan fingerprint density at radius 1 is 1.11 bits per heavy atom. The summed E-state index contributed by atoms with van der Waals surface area (Å²) in [5.41, 5.74) is 9.95. The number of benzene rings is 1. The molecule has 0 fully saturated rings. The van der Waals surface area contributed by atoms with E-state index in [4.69, 9.17) is 15.2 Å². The Labute approximate surface area is 157 Å². The number of aliphatic hydroxyl groups is 3. The van der Waals surface area contributed by atoms with E-state index in [1.807, 2.05) is 0 Å². The van der Waals surface area contributed by atoms with Gasteiger partial charge in [0.05, 0.1) is 33.0 Å². The lowest BCUT2D eigenvalue weighted by molar-refractivity contribution is 0.0515. The zero-order valence-electron chi connectivity index (χ0n) is 15.5. The molecule has 8 heteroatoms. The van der Waals surface area contributed by atoms with Gasteiger partial charge < -0.3 is 35.5 Å².